The van der Waals surface area contributed by atoms with Crippen LogP contribution in [0.25, 0.3) is 0 Å². The molecule has 2 atom stereocenters. The van der Waals surface area contributed by atoms with Crippen LogP contribution in [-0.2, 0) is 4.79 Å². The predicted octanol–water partition coefficient (Wildman–Crippen LogP) is 0.217. The van der Waals surface area contributed by atoms with Crippen LogP contribution in [0.1, 0.15) is 19.8 Å². The van der Waals surface area contributed by atoms with Crippen LogP contribution < -0.4 is 5.32 Å². The van der Waals surface area contributed by atoms with E-state index in [0.29, 0.717) is 18.4 Å². The second kappa shape index (κ2) is 3.05. The van der Waals surface area contributed by atoms with E-state index in [4.69, 9.17) is 0 Å². The third kappa shape index (κ3) is 1.33. The van der Waals surface area contributed by atoms with Gasteiger partial charge in [0, 0.05) is 32.1 Å². The van der Waals surface area contributed by atoms with Crippen LogP contribution >= 0.6 is 0 Å². The summed E-state index contributed by atoms with van der Waals surface area (Å²) in [6.45, 7) is 4.96. The normalized spacial score (nSPS) is 33.9. The number of hydrogen-bond donors (Lipinski definition) is 1. The molecule has 0 aromatic heterocycles. The van der Waals surface area contributed by atoms with E-state index in [1.165, 1.54) is 6.42 Å². The molecule has 1 N–H and O–H groups in total. The molecule has 0 aromatic carbocycles. The van der Waals surface area contributed by atoms with Gasteiger partial charge in [0.15, 0.2) is 0 Å². The highest BCUT2D eigenvalue weighted by Gasteiger charge is 2.33. The monoisotopic (exact) mass is 168 g/mol. The van der Waals surface area contributed by atoms with Crippen molar-refractivity contribution in [2.45, 2.75) is 25.8 Å². The van der Waals surface area contributed by atoms with E-state index in [-0.39, 0.29) is 0 Å². The maximum atomic E-state index is 11.4. The van der Waals surface area contributed by atoms with Crippen LogP contribution in [0.4, 0.5) is 0 Å². The highest BCUT2D eigenvalue weighted by atomic mass is 16.2. The van der Waals surface area contributed by atoms with Crippen LogP contribution in [0, 0.1) is 5.92 Å². The summed E-state index contributed by atoms with van der Waals surface area (Å²) in [6, 6.07) is 0.583. The molecule has 0 aromatic rings. The van der Waals surface area contributed by atoms with Crippen molar-refractivity contribution in [3.05, 3.63) is 0 Å². The lowest BCUT2D eigenvalue weighted by Gasteiger charge is -2.30. The molecule has 3 nitrogen and oxygen atoms in total. The number of fused-ring (bicyclic) bond motifs is 2. The van der Waals surface area contributed by atoms with Gasteiger partial charge in [-0.2, -0.15) is 0 Å². The molecule has 0 saturated carbocycles. The molecule has 2 aliphatic rings. The van der Waals surface area contributed by atoms with Crippen molar-refractivity contribution in [2.24, 2.45) is 5.92 Å². The van der Waals surface area contributed by atoms with Crippen molar-refractivity contribution in [3.8, 4) is 0 Å². The van der Waals surface area contributed by atoms with Crippen LogP contribution in [0.3, 0.4) is 0 Å². The summed E-state index contributed by atoms with van der Waals surface area (Å²) in [5.41, 5.74) is 0. The van der Waals surface area contributed by atoms with Crippen LogP contribution in [0.5, 0.6) is 0 Å². The Morgan fingerprint density at radius 3 is 3.08 bits per heavy atom. The molecule has 0 aliphatic carbocycles. The SMILES string of the molecule is CCC(=O)N1C[C@@H]2CN[C@@H](C2)C1. The number of amides is 1. The van der Waals surface area contributed by atoms with Crippen LogP contribution in [0.15, 0.2) is 0 Å². The van der Waals surface area contributed by atoms with Crippen LogP contribution in [0.2, 0.25) is 0 Å². The van der Waals surface area contributed by atoms with Crippen molar-refractivity contribution in [1.82, 2.24) is 10.2 Å². The zero-order valence-electron chi connectivity index (χ0n) is 7.55. The maximum absolute atomic E-state index is 11.4. The molecule has 0 spiro atoms. The number of rotatable bonds is 1. The zero-order chi connectivity index (χ0) is 8.55. The summed E-state index contributed by atoms with van der Waals surface area (Å²) in [7, 11) is 0. The van der Waals surface area contributed by atoms with Gasteiger partial charge in [-0.3, -0.25) is 4.79 Å². The predicted molar refractivity (Wildman–Crippen MR) is 46.8 cm³/mol. The Morgan fingerprint density at radius 1 is 1.58 bits per heavy atom. The van der Waals surface area contributed by atoms with E-state index >= 15 is 0 Å². The second-order valence-corrected chi connectivity index (χ2v) is 3.86. The molecule has 12 heavy (non-hydrogen) atoms. The van der Waals surface area contributed by atoms with Gasteiger partial charge >= 0.3 is 0 Å². The van der Waals surface area contributed by atoms with E-state index in [1.807, 2.05) is 11.8 Å². The molecule has 2 fully saturated rings. The Balaban J connectivity index is 1.98. The van der Waals surface area contributed by atoms with Gasteiger partial charge in [0.1, 0.15) is 0 Å². The Bertz CT molecular complexity index is 181. The Morgan fingerprint density at radius 2 is 2.42 bits per heavy atom. The minimum absolute atomic E-state index is 0.313. The van der Waals surface area contributed by atoms with Crippen molar-refractivity contribution in [3.63, 3.8) is 0 Å². The van der Waals surface area contributed by atoms with Gasteiger partial charge < -0.3 is 10.2 Å². The second-order valence-electron chi connectivity index (χ2n) is 3.86. The first-order chi connectivity index (χ1) is 5.79. The molecule has 68 valence electrons. The van der Waals surface area contributed by atoms with Crippen molar-refractivity contribution < 1.29 is 4.79 Å². The minimum Gasteiger partial charge on any atom is -0.341 e. The first-order valence-corrected chi connectivity index (χ1v) is 4.80. The molecule has 0 unspecified atom stereocenters. The summed E-state index contributed by atoms with van der Waals surface area (Å²) in [4.78, 5) is 13.4. The number of piperidine rings is 1. The summed E-state index contributed by atoms with van der Waals surface area (Å²) < 4.78 is 0. The Kier molecular flexibility index (Phi) is 2.05. The van der Waals surface area contributed by atoms with E-state index in [2.05, 4.69) is 5.32 Å². The van der Waals surface area contributed by atoms with Gasteiger partial charge in [0.2, 0.25) is 5.91 Å². The highest BCUT2D eigenvalue weighted by molar-refractivity contribution is 5.76. The first kappa shape index (κ1) is 8.05. The first-order valence-electron chi connectivity index (χ1n) is 4.80. The van der Waals surface area contributed by atoms with Gasteiger partial charge in [0.25, 0.3) is 0 Å². The van der Waals surface area contributed by atoms with Gasteiger partial charge in [-0.15, -0.1) is 0 Å². The maximum Gasteiger partial charge on any atom is 0.222 e. The topological polar surface area (TPSA) is 32.3 Å². The smallest absolute Gasteiger partial charge is 0.222 e. The molecule has 1 amide bonds. The number of carbonyl (C=O) groups is 1. The number of nitrogens with zero attached hydrogens (tertiary/aromatic N) is 1. The molecule has 2 bridgehead atoms. The number of hydrogen-bond acceptors (Lipinski definition) is 2. The van der Waals surface area contributed by atoms with E-state index in [1.54, 1.807) is 0 Å². The van der Waals surface area contributed by atoms with E-state index < -0.39 is 0 Å². The number of nitrogens with one attached hydrogen (secondary N) is 1. The van der Waals surface area contributed by atoms with E-state index in [9.17, 15) is 4.79 Å². The van der Waals surface area contributed by atoms with Crippen molar-refractivity contribution in [2.75, 3.05) is 19.6 Å². The molecule has 2 heterocycles. The lowest BCUT2D eigenvalue weighted by molar-refractivity contribution is -0.132. The standard InChI is InChI=1S/C9H16N2O/c1-2-9(12)11-5-7-3-8(6-11)10-4-7/h7-8,10H,2-6H2,1H3/t7-,8-/m0/s1. The summed E-state index contributed by atoms with van der Waals surface area (Å²) in [5.74, 6) is 1.03. The fourth-order valence-corrected chi connectivity index (χ4v) is 2.26. The molecular weight excluding hydrogens is 152 g/mol. The molecule has 3 heteroatoms. The van der Waals surface area contributed by atoms with Crippen LogP contribution in [-0.4, -0.2) is 36.5 Å². The zero-order valence-corrected chi connectivity index (χ0v) is 7.55. The quantitative estimate of drug-likeness (QED) is 0.607. The fourth-order valence-electron chi connectivity index (χ4n) is 2.26. The largest absolute Gasteiger partial charge is 0.341 e. The average molecular weight is 168 g/mol. The number of likely N-dealkylation sites (tertiary alicyclic amines) is 1. The van der Waals surface area contributed by atoms with Gasteiger partial charge in [-0.1, -0.05) is 6.92 Å². The number of carbonyl (C=O) groups excluding carboxylic acids is 1. The summed E-state index contributed by atoms with van der Waals surface area (Å²) in [6.07, 6.45) is 1.92. The minimum atomic E-state index is 0.313. The van der Waals surface area contributed by atoms with Gasteiger partial charge in [0.05, 0.1) is 0 Å². The van der Waals surface area contributed by atoms with Crippen molar-refractivity contribution in [1.29, 1.82) is 0 Å². The molecule has 2 saturated heterocycles. The van der Waals surface area contributed by atoms with E-state index in [0.717, 1.165) is 25.6 Å². The lowest BCUT2D eigenvalue weighted by Crippen LogP contribution is -2.44. The molecular formula is C9H16N2O. The highest BCUT2D eigenvalue weighted by Crippen LogP contribution is 2.22. The fraction of sp³-hybridized carbons (Fsp3) is 0.889. The third-order valence-electron chi connectivity index (χ3n) is 2.89. The lowest BCUT2D eigenvalue weighted by atomic mass is 10.00. The summed E-state index contributed by atoms with van der Waals surface area (Å²) >= 11 is 0. The van der Waals surface area contributed by atoms with Crippen molar-refractivity contribution >= 4 is 5.91 Å². The van der Waals surface area contributed by atoms with Gasteiger partial charge in [-0.05, 0) is 12.3 Å². The molecule has 2 aliphatic heterocycles. The molecule has 2 rings (SSSR count). The van der Waals surface area contributed by atoms with Gasteiger partial charge in [-0.25, -0.2) is 0 Å². The Hall–Kier alpha value is -0.570. The average Bonchev–Trinajstić information content (AvgIpc) is 2.44. The molecule has 0 radical (unpaired) electrons. The summed E-state index contributed by atoms with van der Waals surface area (Å²) in [5, 5.41) is 3.43. The third-order valence-corrected chi connectivity index (χ3v) is 2.89. The Labute approximate surface area is 73.1 Å².